The molecule has 1 unspecified atom stereocenters. The van der Waals surface area contributed by atoms with E-state index in [-0.39, 0.29) is 6.54 Å². The predicted octanol–water partition coefficient (Wildman–Crippen LogP) is 2.01. The number of amides is 4. The lowest BCUT2D eigenvalue weighted by atomic mass is 9.92. The van der Waals surface area contributed by atoms with Crippen LogP contribution in [0, 0.1) is 0 Å². The number of para-hydroxylation sites is 1. The third-order valence-corrected chi connectivity index (χ3v) is 4.62. The molecule has 1 aliphatic heterocycles. The first-order valence-electron chi connectivity index (χ1n) is 8.77. The van der Waals surface area contributed by atoms with Crippen LogP contribution in [0.5, 0.6) is 0 Å². The van der Waals surface area contributed by atoms with Crippen molar-refractivity contribution in [2.24, 2.45) is 0 Å². The van der Waals surface area contributed by atoms with Gasteiger partial charge in [-0.1, -0.05) is 48.5 Å². The topological polar surface area (TPSA) is 81.8 Å². The van der Waals surface area contributed by atoms with Crippen LogP contribution in [0.15, 0.2) is 60.7 Å². The van der Waals surface area contributed by atoms with Gasteiger partial charge in [-0.25, -0.2) is 4.79 Å². The van der Waals surface area contributed by atoms with Crippen molar-refractivity contribution in [2.75, 3.05) is 18.0 Å². The number of nitrogens with zero attached hydrogens (tertiary/aromatic N) is 2. The Hall–Kier alpha value is -3.35. The fourth-order valence-corrected chi connectivity index (χ4v) is 3.07. The van der Waals surface area contributed by atoms with Crippen LogP contribution in [0.4, 0.5) is 10.5 Å². The second-order valence-electron chi connectivity index (χ2n) is 6.45. The highest BCUT2D eigenvalue weighted by Gasteiger charge is 2.49. The molecule has 1 atom stereocenters. The molecule has 0 saturated carbocycles. The van der Waals surface area contributed by atoms with Crippen molar-refractivity contribution in [1.82, 2.24) is 15.8 Å². The van der Waals surface area contributed by atoms with Crippen LogP contribution >= 0.6 is 0 Å². The zero-order valence-corrected chi connectivity index (χ0v) is 15.3. The molecule has 1 fully saturated rings. The van der Waals surface area contributed by atoms with Crippen LogP contribution < -0.4 is 15.6 Å². The average molecular weight is 366 g/mol. The molecule has 27 heavy (non-hydrogen) atoms. The van der Waals surface area contributed by atoms with E-state index in [9.17, 15) is 14.4 Å². The van der Waals surface area contributed by atoms with Gasteiger partial charge in [-0.3, -0.25) is 15.0 Å². The van der Waals surface area contributed by atoms with Crippen molar-refractivity contribution in [2.45, 2.75) is 19.4 Å². The lowest BCUT2D eigenvalue weighted by molar-refractivity contribution is -0.138. The molecule has 0 aromatic heterocycles. The Morgan fingerprint density at radius 2 is 1.67 bits per heavy atom. The summed E-state index contributed by atoms with van der Waals surface area (Å²) in [4.78, 5) is 39.4. The van der Waals surface area contributed by atoms with E-state index in [1.807, 2.05) is 48.2 Å². The highest BCUT2D eigenvalue weighted by Crippen LogP contribution is 2.27. The van der Waals surface area contributed by atoms with Crippen molar-refractivity contribution in [3.05, 3.63) is 66.2 Å². The minimum atomic E-state index is -1.21. The summed E-state index contributed by atoms with van der Waals surface area (Å²) in [6.07, 6.45) is 0. The summed E-state index contributed by atoms with van der Waals surface area (Å²) < 4.78 is 0. The van der Waals surface area contributed by atoms with Gasteiger partial charge in [0, 0.05) is 12.2 Å². The Kier molecular flexibility index (Phi) is 5.12. The third kappa shape index (κ3) is 3.62. The van der Waals surface area contributed by atoms with Gasteiger partial charge in [0.2, 0.25) is 0 Å². The van der Waals surface area contributed by atoms with Crippen LogP contribution in [0.3, 0.4) is 0 Å². The first kappa shape index (κ1) is 18.4. The van der Waals surface area contributed by atoms with Gasteiger partial charge in [0.25, 0.3) is 11.8 Å². The van der Waals surface area contributed by atoms with Gasteiger partial charge in [0.05, 0.1) is 6.54 Å². The van der Waals surface area contributed by atoms with E-state index in [1.165, 1.54) is 0 Å². The van der Waals surface area contributed by atoms with Crippen LogP contribution in [0.2, 0.25) is 0 Å². The summed E-state index contributed by atoms with van der Waals surface area (Å²) in [5, 5.41) is 3.42. The molecule has 7 heteroatoms. The van der Waals surface area contributed by atoms with E-state index in [1.54, 1.807) is 31.2 Å². The van der Waals surface area contributed by atoms with E-state index in [0.717, 1.165) is 10.7 Å². The highest BCUT2D eigenvalue weighted by molar-refractivity contribution is 6.08. The van der Waals surface area contributed by atoms with Gasteiger partial charge in [-0.15, -0.1) is 0 Å². The molecule has 140 valence electrons. The second kappa shape index (κ2) is 7.49. The van der Waals surface area contributed by atoms with Gasteiger partial charge in [0.1, 0.15) is 5.54 Å². The van der Waals surface area contributed by atoms with E-state index >= 15 is 0 Å². The van der Waals surface area contributed by atoms with Gasteiger partial charge in [-0.2, -0.15) is 5.01 Å². The number of anilines is 1. The molecule has 1 aliphatic rings. The predicted molar refractivity (Wildman–Crippen MR) is 102 cm³/mol. The summed E-state index contributed by atoms with van der Waals surface area (Å²) in [5.41, 5.74) is 2.76. The average Bonchev–Trinajstić information content (AvgIpc) is 2.91. The first-order valence-corrected chi connectivity index (χ1v) is 8.77. The van der Waals surface area contributed by atoms with E-state index in [2.05, 4.69) is 10.7 Å². The first-order chi connectivity index (χ1) is 13.0. The molecule has 1 saturated heterocycles. The molecule has 2 aromatic rings. The maximum atomic E-state index is 12.8. The SMILES string of the molecule is CCN(CC(=O)NN1C(=O)NC(C)(c2ccccc2)C1=O)c1ccccc1. The maximum Gasteiger partial charge on any atom is 0.344 e. The molecule has 0 bridgehead atoms. The van der Waals surface area contributed by atoms with Crippen molar-refractivity contribution in [3.63, 3.8) is 0 Å². The zero-order valence-electron chi connectivity index (χ0n) is 15.3. The van der Waals surface area contributed by atoms with Crippen LogP contribution in [-0.4, -0.2) is 35.9 Å². The molecule has 1 heterocycles. The molecule has 3 rings (SSSR count). The Morgan fingerprint density at radius 3 is 2.26 bits per heavy atom. The number of imide groups is 1. The maximum absolute atomic E-state index is 12.8. The van der Waals surface area contributed by atoms with Crippen LogP contribution in [-0.2, 0) is 15.1 Å². The standard InChI is InChI=1S/C20H22N4O3/c1-3-23(16-12-8-5-9-13-16)14-17(25)22-24-18(26)20(2,21-19(24)27)15-10-6-4-7-11-15/h4-13H,3,14H2,1-2H3,(H,21,27)(H,22,25). The summed E-state index contributed by atoms with van der Waals surface area (Å²) in [6, 6.07) is 17.8. The summed E-state index contributed by atoms with van der Waals surface area (Å²) in [5.74, 6) is -0.962. The zero-order chi connectivity index (χ0) is 19.4. The Labute approximate surface area is 157 Å². The largest absolute Gasteiger partial charge is 0.362 e. The number of benzene rings is 2. The molecular formula is C20H22N4O3. The van der Waals surface area contributed by atoms with E-state index in [0.29, 0.717) is 12.1 Å². The van der Waals surface area contributed by atoms with Gasteiger partial charge in [-0.05, 0) is 31.5 Å². The minimum absolute atomic E-state index is 0.0274. The fraction of sp³-hybridized carbons (Fsp3) is 0.250. The molecular weight excluding hydrogens is 344 g/mol. The lowest BCUT2D eigenvalue weighted by Gasteiger charge is -2.24. The number of urea groups is 1. The number of hydrogen-bond acceptors (Lipinski definition) is 4. The molecule has 7 nitrogen and oxygen atoms in total. The fourth-order valence-electron chi connectivity index (χ4n) is 3.07. The third-order valence-electron chi connectivity index (χ3n) is 4.62. The molecule has 4 amide bonds. The number of carbonyl (C=O) groups is 3. The number of nitrogens with one attached hydrogen (secondary N) is 2. The van der Waals surface area contributed by atoms with Gasteiger partial charge < -0.3 is 10.2 Å². The Balaban J connectivity index is 1.71. The molecule has 2 N–H and O–H groups in total. The van der Waals surface area contributed by atoms with Crippen molar-refractivity contribution < 1.29 is 14.4 Å². The number of carbonyl (C=O) groups excluding carboxylic acids is 3. The minimum Gasteiger partial charge on any atom is -0.362 e. The monoisotopic (exact) mass is 366 g/mol. The quantitative estimate of drug-likeness (QED) is 0.767. The number of rotatable bonds is 6. The number of hydrogen-bond donors (Lipinski definition) is 2. The Morgan fingerprint density at radius 1 is 1.07 bits per heavy atom. The summed E-state index contributed by atoms with van der Waals surface area (Å²) >= 11 is 0. The van der Waals surface area contributed by atoms with Crippen molar-refractivity contribution >= 4 is 23.5 Å². The summed E-state index contributed by atoms with van der Waals surface area (Å²) in [7, 11) is 0. The molecule has 0 radical (unpaired) electrons. The van der Waals surface area contributed by atoms with Crippen LogP contribution in [0.1, 0.15) is 19.4 Å². The van der Waals surface area contributed by atoms with Gasteiger partial charge in [0.15, 0.2) is 0 Å². The van der Waals surface area contributed by atoms with E-state index in [4.69, 9.17) is 0 Å². The second-order valence-corrected chi connectivity index (χ2v) is 6.45. The Bertz CT molecular complexity index is 841. The summed E-state index contributed by atoms with van der Waals surface area (Å²) in [6.45, 7) is 4.19. The molecule has 0 aliphatic carbocycles. The number of likely N-dealkylation sites (N-methyl/N-ethyl adjacent to an activating group) is 1. The number of hydrazine groups is 1. The smallest absolute Gasteiger partial charge is 0.344 e. The molecule has 2 aromatic carbocycles. The van der Waals surface area contributed by atoms with Gasteiger partial charge >= 0.3 is 6.03 Å². The molecule has 0 spiro atoms. The van der Waals surface area contributed by atoms with E-state index < -0.39 is 23.4 Å². The van der Waals surface area contributed by atoms with Crippen molar-refractivity contribution in [3.8, 4) is 0 Å². The van der Waals surface area contributed by atoms with Crippen molar-refractivity contribution in [1.29, 1.82) is 0 Å². The lowest BCUT2D eigenvalue weighted by Crippen LogP contribution is -2.50. The van der Waals surface area contributed by atoms with Crippen LogP contribution in [0.25, 0.3) is 0 Å². The highest BCUT2D eigenvalue weighted by atomic mass is 16.2. The normalized spacial score (nSPS) is 19.0.